The minimum absolute atomic E-state index is 0.0129. The second-order valence-electron chi connectivity index (χ2n) is 6.07. The molecule has 0 aliphatic carbocycles. The van der Waals surface area contributed by atoms with Gasteiger partial charge < -0.3 is 15.1 Å². The summed E-state index contributed by atoms with van der Waals surface area (Å²) in [4.78, 5) is 25.2. The van der Waals surface area contributed by atoms with E-state index in [1.807, 2.05) is 19.0 Å². The number of aromatic nitrogens is 2. The van der Waals surface area contributed by atoms with Crippen molar-refractivity contribution >= 4 is 11.7 Å². The number of hydrogen-bond acceptors (Lipinski definition) is 5. The summed E-state index contributed by atoms with van der Waals surface area (Å²) in [5.74, 6) is 0.725. The molecule has 2 rings (SSSR count). The first kappa shape index (κ1) is 16.7. The van der Waals surface area contributed by atoms with Gasteiger partial charge in [-0.05, 0) is 39.8 Å². The first-order chi connectivity index (χ1) is 10.6. The summed E-state index contributed by atoms with van der Waals surface area (Å²) in [5.41, 5.74) is 0.443. The molecule has 1 fully saturated rings. The van der Waals surface area contributed by atoms with Crippen LogP contribution in [0.4, 0.5) is 5.82 Å². The van der Waals surface area contributed by atoms with Gasteiger partial charge in [-0.25, -0.2) is 9.97 Å². The van der Waals surface area contributed by atoms with Crippen LogP contribution in [0.5, 0.6) is 0 Å². The Labute approximate surface area is 132 Å². The van der Waals surface area contributed by atoms with E-state index in [4.69, 9.17) is 0 Å². The molecule has 1 atom stereocenters. The van der Waals surface area contributed by atoms with Crippen molar-refractivity contribution in [2.75, 3.05) is 39.0 Å². The molecule has 1 amide bonds. The Bertz CT molecular complexity index is 474. The molecule has 22 heavy (non-hydrogen) atoms. The Morgan fingerprint density at radius 3 is 2.82 bits per heavy atom. The maximum Gasteiger partial charge on any atom is 0.274 e. The zero-order valence-corrected chi connectivity index (χ0v) is 13.9. The van der Waals surface area contributed by atoms with Gasteiger partial charge in [-0.3, -0.25) is 4.79 Å². The highest BCUT2D eigenvalue weighted by atomic mass is 16.2. The molecule has 1 aliphatic heterocycles. The van der Waals surface area contributed by atoms with Crippen LogP contribution in [0.2, 0.25) is 0 Å². The molecule has 0 radical (unpaired) electrons. The predicted octanol–water partition coefficient (Wildman–Crippen LogP) is 1.85. The molecule has 0 saturated carbocycles. The summed E-state index contributed by atoms with van der Waals surface area (Å²) in [6.07, 6.45) is 7.63. The largest absolute Gasteiger partial charge is 0.368 e. The maximum atomic E-state index is 12.6. The van der Waals surface area contributed by atoms with E-state index in [0.717, 1.165) is 38.9 Å². The van der Waals surface area contributed by atoms with Gasteiger partial charge in [0.15, 0.2) is 0 Å². The zero-order valence-electron chi connectivity index (χ0n) is 13.9. The van der Waals surface area contributed by atoms with Gasteiger partial charge in [0.1, 0.15) is 11.5 Å². The van der Waals surface area contributed by atoms with Crippen molar-refractivity contribution in [3.63, 3.8) is 0 Å². The van der Waals surface area contributed by atoms with Crippen LogP contribution >= 0.6 is 0 Å². The minimum Gasteiger partial charge on any atom is -0.368 e. The number of piperidine rings is 1. The van der Waals surface area contributed by atoms with E-state index in [9.17, 15) is 4.79 Å². The molecular formula is C16H27N5O. The summed E-state index contributed by atoms with van der Waals surface area (Å²) >= 11 is 0. The fraction of sp³-hybridized carbons (Fsp3) is 0.688. The Morgan fingerprint density at radius 2 is 2.18 bits per heavy atom. The first-order valence-electron chi connectivity index (χ1n) is 8.13. The van der Waals surface area contributed by atoms with Gasteiger partial charge in [-0.15, -0.1) is 0 Å². The number of likely N-dealkylation sites (N-methyl/N-ethyl adjacent to an activating group) is 1. The van der Waals surface area contributed by atoms with Gasteiger partial charge in [0.2, 0.25) is 0 Å². The molecule has 1 saturated heterocycles. The van der Waals surface area contributed by atoms with Crippen molar-refractivity contribution in [3.8, 4) is 0 Å². The molecule has 1 aromatic rings. The number of hydrogen-bond donors (Lipinski definition) is 1. The molecule has 122 valence electrons. The van der Waals surface area contributed by atoms with E-state index in [-0.39, 0.29) is 5.91 Å². The van der Waals surface area contributed by atoms with Gasteiger partial charge in [0, 0.05) is 25.7 Å². The Hall–Kier alpha value is -1.69. The number of carbonyl (C=O) groups excluding carboxylic acids is 1. The fourth-order valence-corrected chi connectivity index (χ4v) is 2.78. The number of nitrogens with zero attached hydrogens (tertiary/aromatic N) is 4. The molecule has 0 bridgehead atoms. The van der Waals surface area contributed by atoms with Gasteiger partial charge >= 0.3 is 0 Å². The van der Waals surface area contributed by atoms with Crippen molar-refractivity contribution < 1.29 is 4.79 Å². The number of amides is 1. The standard InChI is InChI=1S/C16H27N5O/c1-4-13-7-5-6-9-21(13)16(22)14-11-19-15(12-18-14)17-8-10-20(2)3/h11-13H,4-10H2,1-3H3,(H,17,19). The maximum absolute atomic E-state index is 12.6. The van der Waals surface area contributed by atoms with Crippen molar-refractivity contribution in [3.05, 3.63) is 18.1 Å². The predicted molar refractivity (Wildman–Crippen MR) is 88.0 cm³/mol. The monoisotopic (exact) mass is 305 g/mol. The number of carbonyl (C=O) groups is 1. The van der Waals surface area contributed by atoms with E-state index in [1.54, 1.807) is 12.4 Å². The van der Waals surface area contributed by atoms with E-state index in [0.29, 0.717) is 17.6 Å². The molecule has 1 aromatic heterocycles. The second-order valence-corrected chi connectivity index (χ2v) is 6.07. The van der Waals surface area contributed by atoms with Gasteiger partial charge in [0.25, 0.3) is 5.91 Å². The Morgan fingerprint density at radius 1 is 1.36 bits per heavy atom. The molecule has 0 spiro atoms. The van der Waals surface area contributed by atoms with Crippen LogP contribution in [0.3, 0.4) is 0 Å². The Kier molecular flexibility index (Phi) is 6.12. The minimum atomic E-state index is 0.0129. The smallest absolute Gasteiger partial charge is 0.274 e. The van der Waals surface area contributed by atoms with Crippen molar-refractivity contribution in [1.82, 2.24) is 19.8 Å². The summed E-state index contributed by atoms with van der Waals surface area (Å²) in [7, 11) is 4.05. The summed E-state index contributed by atoms with van der Waals surface area (Å²) in [5, 5.41) is 3.20. The zero-order chi connectivity index (χ0) is 15.9. The number of nitrogens with one attached hydrogen (secondary N) is 1. The summed E-state index contributed by atoms with van der Waals surface area (Å²) in [6, 6.07) is 0.348. The lowest BCUT2D eigenvalue weighted by atomic mass is 10.00. The SMILES string of the molecule is CCC1CCCCN1C(=O)c1cnc(NCCN(C)C)cn1. The average Bonchev–Trinajstić information content (AvgIpc) is 2.54. The van der Waals surface area contributed by atoms with Crippen LogP contribution in [-0.4, -0.2) is 65.4 Å². The molecule has 6 nitrogen and oxygen atoms in total. The van der Waals surface area contributed by atoms with E-state index < -0.39 is 0 Å². The van der Waals surface area contributed by atoms with Crippen LogP contribution in [0, 0.1) is 0 Å². The van der Waals surface area contributed by atoms with Crippen molar-refractivity contribution in [2.24, 2.45) is 0 Å². The van der Waals surface area contributed by atoms with E-state index in [1.165, 1.54) is 6.42 Å². The topological polar surface area (TPSA) is 61.4 Å². The van der Waals surface area contributed by atoms with Crippen molar-refractivity contribution in [1.29, 1.82) is 0 Å². The molecule has 2 heterocycles. The lowest BCUT2D eigenvalue weighted by Crippen LogP contribution is -2.43. The normalized spacial score (nSPS) is 18.5. The highest BCUT2D eigenvalue weighted by Crippen LogP contribution is 2.21. The highest BCUT2D eigenvalue weighted by molar-refractivity contribution is 5.92. The molecule has 0 aromatic carbocycles. The number of rotatable bonds is 6. The van der Waals surface area contributed by atoms with Crippen LogP contribution in [-0.2, 0) is 0 Å². The Balaban J connectivity index is 1.95. The molecule has 6 heteroatoms. The third-order valence-corrected chi connectivity index (χ3v) is 4.10. The van der Waals surface area contributed by atoms with E-state index in [2.05, 4.69) is 27.1 Å². The average molecular weight is 305 g/mol. The quantitative estimate of drug-likeness (QED) is 0.869. The summed E-state index contributed by atoms with van der Waals surface area (Å²) < 4.78 is 0. The van der Waals surface area contributed by atoms with E-state index >= 15 is 0 Å². The van der Waals surface area contributed by atoms with Gasteiger partial charge in [-0.2, -0.15) is 0 Å². The van der Waals surface area contributed by atoms with Crippen LogP contribution in [0.25, 0.3) is 0 Å². The molecule has 1 N–H and O–H groups in total. The highest BCUT2D eigenvalue weighted by Gasteiger charge is 2.26. The molecule has 1 aliphatic rings. The number of anilines is 1. The second kappa shape index (κ2) is 8.08. The van der Waals surface area contributed by atoms with Gasteiger partial charge in [0.05, 0.1) is 12.4 Å². The molecular weight excluding hydrogens is 278 g/mol. The van der Waals surface area contributed by atoms with Gasteiger partial charge in [-0.1, -0.05) is 6.92 Å². The van der Waals surface area contributed by atoms with Crippen molar-refractivity contribution in [2.45, 2.75) is 38.6 Å². The third kappa shape index (κ3) is 4.40. The van der Waals surface area contributed by atoms with Crippen LogP contribution in [0.1, 0.15) is 43.1 Å². The fourth-order valence-electron chi connectivity index (χ4n) is 2.78. The third-order valence-electron chi connectivity index (χ3n) is 4.10. The lowest BCUT2D eigenvalue weighted by Gasteiger charge is -2.34. The van der Waals surface area contributed by atoms with Crippen LogP contribution < -0.4 is 5.32 Å². The molecule has 1 unspecified atom stereocenters. The lowest BCUT2D eigenvalue weighted by molar-refractivity contribution is 0.0601. The van der Waals surface area contributed by atoms with Crippen LogP contribution in [0.15, 0.2) is 12.4 Å². The summed E-state index contributed by atoms with van der Waals surface area (Å²) in [6.45, 7) is 4.70. The first-order valence-corrected chi connectivity index (χ1v) is 8.13. The number of likely N-dealkylation sites (tertiary alicyclic amines) is 1.